The van der Waals surface area contributed by atoms with Gasteiger partial charge >= 0.3 is 0 Å². The molecule has 0 atom stereocenters. The average molecular weight is 347 g/mol. The summed E-state index contributed by atoms with van der Waals surface area (Å²) in [5.74, 6) is 0.883. The molecule has 26 heavy (non-hydrogen) atoms. The number of aliphatic imine (C=N–C) groups is 1. The first-order valence-corrected chi connectivity index (χ1v) is 8.74. The zero-order valence-electron chi connectivity index (χ0n) is 15.3. The van der Waals surface area contributed by atoms with Crippen LogP contribution in [0.25, 0.3) is 0 Å². The summed E-state index contributed by atoms with van der Waals surface area (Å²) in [6.45, 7) is 2.39. The lowest BCUT2D eigenvalue weighted by atomic mass is 10.1. The highest BCUT2D eigenvalue weighted by atomic mass is 15.3. The Bertz CT molecular complexity index is 825. The molecular weight excluding hydrogens is 322 g/mol. The number of hydrogen-bond acceptors (Lipinski definition) is 2. The lowest BCUT2D eigenvalue weighted by Crippen LogP contribution is -2.38. The topological polar surface area (TPSA) is 45.5 Å². The summed E-state index contributed by atoms with van der Waals surface area (Å²) in [5.41, 5.74) is 3.76. The Hall–Kier alpha value is -3.08. The van der Waals surface area contributed by atoms with E-state index in [1.165, 1.54) is 16.7 Å². The molecular formula is C21H25N5. The fraction of sp³-hybridized carbons (Fsp3) is 0.238. The van der Waals surface area contributed by atoms with Crippen LogP contribution >= 0.6 is 0 Å². The third-order valence-electron chi connectivity index (χ3n) is 4.20. The molecule has 134 valence electrons. The molecule has 0 aliphatic rings. The van der Waals surface area contributed by atoms with E-state index >= 15 is 0 Å². The van der Waals surface area contributed by atoms with Gasteiger partial charge in [0.25, 0.3) is 0 Å². The van der Waals surface area contributed by atoms with E-state index in [0.717, 1.165) is 25.6 Å². The van der Waals surface area contributed by atoms with E-state index < -0.39 is 0 Å². The monoisotopic (exact) mass is 347 g/mol. The minimum Gasteiger partial charge on any atom is -0.352 e. The standard InChI is InChI=1S/C21H25N5/c1-22-21(25(2)15-18-7-4-3-5-8-18)24-14-19-9-6-10-20(13-19)16-26-12-11-23-17-26/h3-13,17H,14-16H2,1-2H3,(H,22,24). The maximum atomic E-state index is 4.40. The van der Waals surface area contributed by atoms with Crippen molar-refractivity contribution in [1.82, 2.24) is 19.8 Å². The molecule has 3 aromatic rings. The molecule has 2 aromatic carbocycles. The molecule has 1 aromatic heterocycles. The number of imidazole rings is 1. The van der Waals surface area contributed by atoms with E-state index in [-0.39, 0.29) is 0 Å². The van der Waals surface area contributed by atoms with Crippen molar-refractivity contribution in [3.05, 3.63) is 90.0 Å². The van der Waals surface area contributed by atoms with Crippen molar-refractivity contribution >= 4 is 5.96 Å². The van der Waals surface area contributed by atoms with Gasteiger partial charge in [-0.2, -0.15) is 0 Å². The Labute approximate surface area is 155 Å². The van der Waals surface area contributed by atoms with Gasteiger partial charge in [0.1, 0.15) is 0 Å². The van der Waals surface area contributed by atoms with Gasteiger partial charge in [0.05, 0.1) is 6.33 Å². The van der Waals surface area contributed by atoms with Crippen LogP contribution in [-0.4, -0.2) is 34.5 Å². The van der Waals surface area contributed by atoms with Crippen molar-refractivity contribution in [3.63, 3.8) is 0 Å². The second kappa shape index (κ2) is 8.85. The lowest BCUT2D eigenvalue weighted by molar-refractivity contribution is 0.476. The Balaban J connectivity index is 1.58. The highest BCUT2D eigenvalue weighted by molar-refractivity contribution is 5.79. The minimum atomic E-state index is 0.740. The van der Waals surface area contributed by atoms with Crippen LogP contribution in [0.5, 0.6) is 0 Å². The molecule has 5 nitrogen and oxygen atoms in total. The minimum absolute atomic E-state index is 0.740. The zero-order valence-corrected chi connectivity index (χ0v) is 15.3. The van der Waals surface area contributed by atoms with Crippen molar-refractivity contribution in [1.29, 1.82) is 0 Å². The van der Waals surface area contributed by atoms with Crippen LogP contribution in [0, 0.1) is 0 Å². The summed E-state index contributed by atoms with van der Waals surface area (Å²) < 4.78 is 2.07. The molecule has 0 aliphatic heterocycles. The zero-order chi connectivity index (χ0) is 18.2. The van der Waals surface area contributed by atoms with Crippen molar-refractivity contribution in [2.45, 2.75) is 19.6 Å². The summed E-state index contributed by atoms with van der Waals surface area (Å²) in [6, 6.07) is 19.0. The molecule has 0 spiro atoms. The van der Waals surface area contributed by atoms with E-state index in [0.29, 0.717) is 0 Å². The molecule has 0 saturated carbocycles. The molecule has 0 amide bonds. The van der Waals surface area contributed by atoms with Crippen molar-refractivity contribution in [2.75, 3.05) is 14.1 Å². The first kappa shape index (κ1) is 17.7. The smallest absolute Gasteiger partial charge is 0.193 e. The summed E-state index contributed by atoms with van der Waals surface area (Å²) >= 11 is 0. The Morgan fingerprint density at radius 2 is 1.85 bits per heavy atom. The average Bonchev–Trinajstić information content (AvgIpc) is 3.16. The molecule has 0 fully saturated rings. The van der Waals surface area contributed by atoms with E-state index in [1.807, 2.05) is 25.6 Å². The number of guanidine groups is 1. The number of hydrogen-bond donors (Lipinski definition) is 1. The Morgan fingerprint density at radius 3 is 2.58 bits per heavy atom. The molecule has 0 radical (unpaired) electrons. The highest BCUT2D eigenvalue weighted by Gasteiger charge is 2.06. The quantitative estimate of drug-likeness (QED) is 0.550. The van der Waals surface area contributed by atoms with Crippen LogP contribution < -0.4 is 5.32 Å². The molecule has 5 heteroatoms. The van der Waals surface area contributed by atoms with Gasteiger partial charge in [-0.25, -0.2) is 4.98 Å². The van der Waals surface area contributed by atoms with E-state index in [1.54, 1.807) is 6.20 Å². The first-order chi connectivity index (χ1) is 12.7. The van der Waals surface area contributed by atoms with E-state index in [2.05, 4.69) is 80.3 Å². The van der Waals surface area contributed by atoms with Crippen molar-refractivity contribution in [2.24, 2.45) is 4.99 Å². The number of aromatic nitrogens is 2. The largest absolute Gasteiger partial charge is 0.352 e. The number of nitrogens with zero attached hydrogens (tertiary/aromatic N) is 4. The number of nitrogens with one attached hydrogen (secondary N) is 1. The number of rotatable bonds is 6. The van der Waals surface area contributed by atoms with Crippen LogP contribution in [0.1, 0.15) is 16.7 Å². The molecule has 0 aliphatic carbocycles. The fourth-order valence-corrected chi connectivity index (χ4v) is 2.93. The van der Waals surface area contributed by atoms with Crippen LogP contribution in [0.15, 0.2) is 78.3 Å². The van der Waals surface area contributed by atoms with Crippen LogP contribution in [-0.2, 0) is 19.6 Å². The summed E-state index contributed by atoms with van der Waals surface area (Å²) in [4.78, 5) is 10.6. The van der Waals surface area contributed by atoms with Gasteiger partial charge in [0.2, 0.25) is 0 Å². The van der Waals surface area contributed by atoms with Gasteiger partial charge in [0.15, 0.2) is 5.96 Å². The van der Waals surface area contributed by atoms with Crippen LogP contribution in [0.2, 0.25) is 0 Å². The van der Waals surface area contributed by atoms with Gasteiger partial charge in [-0.05, 0) is 16.7 Å². The van der Waals surface area contributed by atoms with Crippen molar-refractivity contribution in [3.8, 4) is 0 Å². The maximum Gasteiger partial charge on any atom is 0.193 e. The molecule has 3 rings (SSSR count). The lowest BCUT2D eigenvalue weighted by Gasteiger charge is -2.22. The van der Waals surface area contributed by atoms with Gasteiger partial charge < -0.3 is 14.8 Å². The maximum absolute atomic E-state index is 4.40. The predicted molar refractivity (Wildman–Crippen MR) is 106 cm³/mol. The summed E-state index contributed by atoms with van der Waals surface area (Å²) in [6.07, 6.45) is 5.62. The normalized spacial score (nSPS) is 11.4. The van der Waals surface area contributed by atoms with Gasteiger partial charge in [-0.3, -0.25) is 4.99 Å². The first-order valence-electron chi connectivity index (χ1n) is 8.74. The van der Waals surface area contributed by atoms with Crippen molar-refractivity contribution < 1.29 is 0 Å². The third-order valence-corrected chi connectivity index (χ3v) is 4.20. The molecule has 0 unspecified atom stereocenters. The molecule has 0 bridgehead atoms. The third kappa shape index (κ3) is 4.96. The van der Waals surface area contributed by atoms with Crippen LogP contribution in [0.3, 0.4) is 0 Å². The van der Waals surface area contributed by atoms with Gasteiger partial charge in [-0.15, -0.1) is 0 Å². The summed E-state index contributed by atoms with van der Waals surface area (Å²) in [5, 5.41) is 3.45. The fourth-order valence-electron chi connectivity index (χ4n) is 2.93. The summed E-state index contributed by atoms with van der Waals surface area (Å²) in [7, 11) is 3.87. The van der Waals surface area contributed by atoms with E-state index in [9.17, 15) is 0 Å². The highest BCUT2D eigenvalue weighted by Crippen LogP contribution is 2.08. The predicted octanol–water partition coefficient (Wildman–Crippen LogP) is 3.14. The SMILES string of the molecule is CN=C(NCc1cccc(Cn2ccnc2)c1)N(C)Cc1ccccc1. The van der Waals surface area contributed by atoms with E-state index in [4.69, 9.17) is 0 Å². The molecule has 0 saturated heterocycles. The van der Waals surface area contributed by atoms with Crippen LogP contribution in [0.4, 0.5) is 0 Å². The van der Waals surface area contributed by atoms with Gasteiger partial charge in [0, 0.05) is 46.1 Å². The number of benzene rings is 2. The van der Waals surface area contributed by atoms with Gasteiger partial charge in [-0.1, -0.05) is 54.6 Å². The Morgan fingerprint density at radius 1 is 1.08 bits per heavy atom. The second-order valence-corrected chi connectivity index (χ2v) is 6.30. The molecule has 1 N–H and O–H groups in total. The second-order valence-electron chi connectivity index (χ2n) is 6.30. The molecule has 1 heterocycles. The Kier molecular flexibility index (Phi) is 6.04.